The molecule has 0 aliphatic rings. The van der Waals surface area contributed by atoms with Gasteiger partial charge in [-0.2, -0.15) is 0 Å². The summed E-state index contributed by atoms with van der Waals surface area (Å²) in [6.45, 7) is 3.05. The van der Waals surface area contributed by atoms with Gasteiger partial charge >= 0.3 is 0 Å². The highest BCUT2D eigenvalue weighted by atomic mass is 15.0. The molecule has 0 amide bonds. The normalized spacial score (nSPS) is 12.6. The summed E-state index contributed by atoms with van der Waals surface area (Å²) in [4.78, 5) is 4.35. The van der Waals surface area contributed by atoms with Crippen LogP contribution in [0.2, 0.25) is 0 Å². The third-order valence-corrected chi connectivity index (χ3v) is 3.17. The fourth-order valence-electron chi connectivity index (χ4n) is 2.21. The van der Waals surface area contributed by atoms with Crippen LogP contribution < -0.4 is 5.32 Å². The van der Waals surface area contributed by atoms with E-state index in [2.05, 4.69) is 46.3 Å². The first-order valence-electron chi connectivity index (χ1n) is 6.56. The molecule has 0 saturated heterocycles. The zero-order valence-corrected chi connectivity index (χ0v) is 11.1. The third kappa shape index (κ3) is 3.20. The second kappa shape index (κ2) is 6.36. The summed E-state index contributed by atoms with van der Waals surface area (Å²) in [6.07, 6.45) is 8.55. The number of nitrogens with zero attached hydrogens (tertiary/aromatic N) is 2. The standard InChI is InChI=1S/C15H21N3/c1-3-6-15(16-2)13-8-10-18(11-13)12-14-7-4-5-9-17-14/h4-5,7-11,15-16H,3,6,12H2,1-2H3. The van der Waals surface area contributed by atoms with Gasteiger partial charge in [-0.1, -0.05) is 19.4 Å². The van der Waals surface area contributed by atoms with Gasteiger partial charge in [0.2, 0.25) is 0 Å². The van der Waals surface area contributed by atoms with E-state index in [4.69, 9.17) is 0 Å². The largest absolute Gasteiger partial charge is 0.348 e. The van der Waals surface area contributed by atoms with Crippen molar-refractivity contribution in [3.8, 4) is 0 Å². The number of hydrogen-bond donors (Lipinski definition) is 1. The van der Waals surface area contributed by atoms with E-state index in [0.717, 1.165) is 12.2 Å². The predicted octanol–water partition coefficient (Wildman–Crippen LogP) is 2.99. The molecule has 1 unspecified atom stereocenters. The summed E-state index contributed by atoms with van der Waals surface area (Å²) in [6, 6.07) is 8.68. The molecule has 3 nitrogen and oxygen atoms in total. The van der Waals surface area contributed by atoms with Gasteiger partial charge in [0, 0.05) is 24.6 Å². The lowest BCUT2D eigenvalue weighted by Gasteiger charge is -2.13. The highest BCUT2D eigenvalue weighted by molar-refractivity contribution is 5.16. The predicted molar refractivity (Wildman–Crippen MR) is 74.5 cm³/mol. The van der Waals surface area contributed by atoms with Crippen LogP contribution in [-0.2, 0) is 6.54 Å². The zero-order chi connectivity index (χ0) is 12.8. The maximum absolute atomic E-state index is 4.35. The summed E-state index contributed by atoms with van der Waals surface area (Å²) >= 11 is 0. The minimum atomic E-state index is 0.458. The van der Waals surface area contributed by atoms with Crippen molar-refractivity contribution in [2.45, 2.75) is 32.4 Å². The van der Waals surface area contributed by atoms with Gasteiger partial charge in [-0.15, -0.1) is 0 Å². The molecule has 0 saturated carbocycles. The van der Waals surface area contributed by atoms with Crippen LogP contribution in [0, 0.1) is 0 Å². The molecule has 1 atom stereocenters. The van der Waals surface area contributed by atoms with Crippen molar-refractivity contribution in [3.05, 3.63) is 54.1 Å². The summed E-state index contributed by atoms with van der Waals surface area (Å²) in [7, 11) is 2.02. The second-order valence-electron chi connectivity index (χ2n) is 4.57. The van der Waals surface area contributed by atoms with Crippen LogP contribution in [-0.4, -0.2) is 16.6 Å². The van der Waals surface area contributed by atoms with E-state index < -0.39 is 0 Å². The van der Waals surface area contributed by atoms with Crippen molar-refractivity contribution in [2.75, 3.05) is 7.05 Å². The molecule has 2 heterocycles. The molecule has 0 radical (unpaired) electrons. The van der Waals surface area contributed by atoms with Crippen molar-refractivity contribution in [2.24, 2.45) is 0 Å². The SMILES string of the molecule is CCCC(NC)c1ccn(Cc2ccccn2)c1. The average Bonchev–Trinajstić information content (AvgIpc) is 2.85. The molecule has 18 heavy (non-hydrogen) atoms. The van der Waals surface area contributed by atoms with Crippen LogP contribution in [0.4, 0.5) is 0 Å². The van der Waals surface area contributed by atoms with Gasteiger partial charge in [0.1, 0.15) is 0 Å². The lowest BCUT2D eigenvalue weighted by atomic mass is 10.1. The fourth-order valence-corrected chi connectivity index (χ4v) is 2.21. The Morgan fingerprint density at radius 2 is 2.22 bits per heavy atom. The number of aromatic nitrogens is 2. The van der Waals surface area contributed by atoms with Crippen molar-refractivity contribution < 1.29 is 0 Å². The summed E-state index contributed by atoms with van der Waals surface area (Å²) in [5.41, 5.74) is 2.45. The van der Waals surface area contributed by atoms with E-state index in [0.29, 0.717) is 6.04 Å². The topological polar surface area (TPSA) is 29.9 Å². The van der Waals surface area contributed by atoms with Crippen molar-refractivity contribution in [1.29, 1.82) is 0 Å². The Bertz CT molecular complexity index is 462. The Kier molecular flexibility index (Phi) is 4.53. The van der Waals surface area contributed by atoms with Gasteiger partial charge in [0.25, 0.3) is 0 Å². The van der Waals surface area contributed by atoms with E-state index in [1.54, 1.807) is 0 Å². The average molecular weight is 243 g/mol. The molecule has 0 aliphatic heterocycles. The van der Waals surface area contributed by atoms with Crippen LogP contribution in [0.3, 0.4) is 0 Å². The highest BCUT2D eigenvalue weighted by Gasteiger charge is 2.09. The van der Waals surface area contributed by atoms with Crippen LogP contribution in [0.5, 0.6) is 0 Å². The molecule has 0 spiro atoms. The summed E-state index contributed by atoms with van der Waals surface area (Å²) in [5.74, 6) is 0. The fraction of sp³-hybridized carbons (Fsp3) is 0.400. The number of pyridine rings is 1. The van der Waals surface area contributed by atoms with Crippen LogP contribution >= 0.6 is 0 Å². The van der Waals surface area contributed by atoms with Crippen molar-refractivity contribution >= 4 is 0 Å². The van der Waals surface area contributed by atoms with Gasteiger partial charge in [-0.05, 0) is 37.2 Å². The van der Waals surface area contributed by atoms with Crippen LogP contribution in [0.15, 0.2) is 42.9 Å². The van der Waals surface area contributed by atoms with E-state index in [1.165, 1.54) is 18.4 Å². The summed E-state index contributed by atoms with van der Waals surface area (Å²) < 4.78 is 2.19. The third-order valence-electron chi connectivity index (χ3n) is 3.17. The first-order valence-corrected chi connectivity index (χ1v) is 6.56. The van der Waals surface area contributed by atoms with E-state index in [-0.39, 0.29) is 0 Å². The van der Waals surface area contributed by atoms with Gasteiger partial charge in [0.15, 0.2) is 0 Å². The smallest absolute Gasteiger partial charge is 0.0642 e. The molecule has 1 N–H and O–H groups in total. The molecule has 0 aliphatic carbocycles. The Hall–Kier alpha value is -1.61. The molecule has 3 heteroatoms. The first kappa shape index (κ1) is 12.8. The molecule has 96 valence electrons. The maximum Gasteiger partial charge on any atom is 0.0642 e. The zero-order valence-electron chi connectivity index (χ0n) is 11.1. The van der Waals surface area contributed by atoms with Crippen molar-refractivity contribution in [1.82, 2.24) is 14.9 Å². The quantitative estimate of drug-likeness (QED) is 0.845. The second-order valence-corrected chi connectivity index (χ2v) is 4.57. The molecule has 2 rings (SSSR count). The van der Waals surface area contributed by atoms with Crippen LogP contribution in [0.1, 0.15) is 37.1 Å². The van der Waals surface area contributed by atoms with E-state index in [1.807, 2.05) is 25.4 Å². The molecule has 0 bridgehead atoms. The minimum absolute atomic E-state index is 0.458. The molecule has 0 fully saturated rings. The number of rotatable bonds is 6. The Morgan fingerprint density at radius 1 is 1.33 bits per heavy atom. The molecular weight excluding hydrogens is 222 g/mol. The van der Waals surface area contributed by atoms with Gasteiger partial charge < -0.3 is 9.88 Å². The van der Waals surface area contributed by atoms with E-state index >= 15 is 0 Å². The number of hydrogen-bond acceptors (Lipinski definition) is 2. The van der Waals surface area contributed by atoms with Crippen LogP contribution in [0.25, 0.3) is 0 Å². The molecule has 2 aromatic heterocycles. The summed E-state index contributed by atoms with van der Waals surface area (Å²) in [5, 5.41) is 3.37. The van der Waals surface area contributed by atoms with Crippen molar-refractivity contribution in [3.63, 3.8) is 0 Å². The monoisotopic (exact) mass is 243 g/mol. The Labute approximate surface area is 109 Å². The maximum atomic E-state index is 4.35. The molecular formula is C15H21N3. The molecule has 2 aromatic rings. The minimum Gasteiger partial charge on any atom is -0.348 e. The lowest BCUT2D eigenvalue weighted by Crippen LogP contribution is -2.15. The highest BCUT2D eigenvalue weighted by Crippen LogP contribution is 2.18. The first-order chi connectivity index (χ1) is 8.83. The number of nitrogens with one attached hydrogen (secondary N) is 1. The van der Waals surface area contributed by atoms with Gasteiger partial charge in [-0.3, -0.25) is 4.98 Å². The van der Waals surface area contributed by atoms with Gasteiger partial charge in [-0.25, -0.2) is 0 Å². The van der Waals surface area contributed by atoms with E-state index in [9.17, 15) is 0 Å². The molecule has 0 aromatic carbocycles. The lowest BCUT2D eigenvalue weighted by molar-refractivity contribution is 0.540. The Balaban J connectivity index is 2.06. The van der Waals surface area contributed by atoms with Gasteiger partial charge in [0.05, 0.1) is 12.2 Å². The Morgan fingerprint density at radius 3 is 2.89 bits per heavy atom.